The van der Waals surface area contributed by atoms with E-state index in [1.54, 1.807) is 34.1 Å². The Balaban J connectivity index is 1.35. The van der Waals surface area contributed by atoms with Crippen molar-refractivity contribution >= 4 is 63.4 Å². The summed E-state index contributed by atoms with van der Waals surface area (Å²) in [5.74, 6) is 5.74. The maximum atomic E-state index is 16.9. The number of hydrogen-bond donors (Lipinski definition) is 2. The van der Waals surface area contributed by atoms with Gasteiger partial charge in [0.05, 0.1) is 58.2 Å². The Hall–Kier alpha value is -3.80. The number of aryl methyl sites for hydroxylation is 1. The van der Waals surface area contributed by atoms with Crippen molar-refractivity contribution in [2.24, 2.45) is 11.8 Å². The van der Waals surface area contributed by atoms with Crippen LogP contribution in [0.1, 0.15) is 63.0 Å². The number of nitriles is 1. The zero-order valence-corrected chi connectivity index (χ0v) is 30.3. The van der Waals surface area contributed by atoms with Crippen LogP contribution in [0.5, 0.6) is 0 Å². The fraction of sp³-hybridized carbons (Fsp3) is 0.474. The van der Waals surface area contributed by atoms with E-state index in [0.29, 0.717) is 47.3 Å². The Morgan fingerprint density at radius 1 is 1.18 bits per heavy atom. The number of aromatic nitrogens is 1. The third-order valence-corrected chi connectivity index (χ3v) is 11.5. The molecule has 2 aromatic carbocycles. The van der Waals surface area contributed by atoms with Gasteiger partial charge in [-0.15, -0.1) is 0 Å². The summed E-state index contributed by atoms with van der Waals surface area (Å²) in [6, 6.07) is 8.01. The van der Waals surface area contributed by atoms with Gasteiger partial charge in [-0.25, -0.2) is 14.2 Å². The Labute approximate surface area is 311 Å². The van der Waals surface area contributed by atoms with Crippen molar-refractivity contribution < 1.29 is 23.8 Å². The molecule has 5 fully saturated rings. The van der Waals surface area contributed by atoms with Gasteiger partial charge in [0.2, 0.25) is 5.91 Å². The minimum absolute atomic E-state index is 0.0136. The summed E-state index contributed by atoms with van der Waals surface area (Å²) in [6.45, 7) is 3.11. The summed E-state index contributed by atoms with van der Waals surface area (Å²) in [4.78, 5) is 34.0. The summed E-state index contributed by atoms with van der Waals surface area (Å²) in [6.07, 6.45) is 3.71. The molecule has 2 bridgehead atoms. The molecule has 3 aliphatic heterocycles. The predicted octanol–water partition coefficient (Wildman–Crippen LogP) is 7.60. The van der Waals surface area contributed by atoms with Crippen LogP contribution in [0.25, 0.3) is 22.0 Å². The monoisotopic (exact) mass is 751 g/mol. The molecule has 9 nitrogen and oxygen atoms in total. The average Bonchev–Trinajstić information content (AvgIpc) is 3.60. The molecule has 4 heterocycles. The fourth-order valence-electron chi connectivity index (χ4n) is 7.53. The van der Waals surface area contributed by atoms with E-state index in [0.717, 1.165) is 32.1 Å². The van der Waals surface area contributed by atoms with E-state index < -0.39 is 18.0 Å². The van der Waals surface area contributed by atoms with Crippen LogP contribution in [-0.2, 0) is 16.0 Å². The highest BCUT2D eigenvalue weighted by atomic mass is 35.5. The standard InChI is InChI=1S/C38H37Cl3FN5O4/c1-2-3-14-51-38(50)47-18-22-16-29(47)33(22)44-34-26(12-11-23-17-24(48)19-46(23)37(49)20-9-10-20)36(41)45-35-27(34)15-21(6-5-13-43)30(32(35)42)25-7-4-8-28(39)31(25)40/h4,7-8,15,20,22-24,29,33,48H,2-3,5-6,9-10,14,16-19H2,1H3,(H,44,45)/t22-,23+,24+,29-,33+/m1/s1. The third kappa shape index (κ3) is 6.80. The molecule has 2 saturated carbocycles. The molecule has 0 unspecified atom stereocenters. The fourth-order valence-corrected chi connectivity index (χ4v) is 8.16. The van der Waals surface area contributed by atoms with E-state index in [2.05, 4.69) is 28.2 Å². The third-order valence-electron chi connectivity index (χ3n) is 10.4. The van der Waals surface area contributed by atoms with Crippen LogP contribution in [0, 0.1) is 40.8 Å². The average molecular weight is 753 g/mol. The summed E-state index contributed by atoms with van der Waals surface area (Å²) < 4.78 is 22.5. The van der Waals surface area contributed by atoms with Crippen LogP contribution in [0.2, 0.25) is 15.2 Å². The van der Waals surface area contributed by atoms with Crippen molar-refractivity contribution in [3.8, 4) is 29.0 Å². The number of likely N-dealkylation sites (tertiary alicyclic amines) is 1. The maximum absolute atomic E-state index is 16.9. The molecule has 3 aromatic rings. The normalized spacial score (nSPS) is 23.4. The molecule has 5 atom stereocenters. The van der Waals surface area contributed by atoms with Gasteiger partial charge in [-0.05, 0) is 49.8 Å². The Bertz CT molecular complexity index is 2010. The van der Waals surface area contributed by atoms with Crippen LogP contribution in [-0.4, -0.2) is 75.8 Å². The quantitative estimate of drug-likeness (QED) is 0.131. The van der Waals surface area contributed by atoms with Crippen LogP contribution < -0.4 is 5.32 Å². The van der Waals surface area contributed by atoms with Crippen molar-refractivity contribution in [1.29, 1.82) is 5.26 Å². The molecule has 266 valence electrons. The van der Waals surface area contributed by atoms with Gasteiger partial charge >= 0.3 is 6.09 Å². The van der Waals surface area contributed by atoms with E-state index in [9.17, 15) is 20.0 Å². The predicted molar refractivity (Wildman–Crippen MR) is 194 cm³/mol. The Morgan fingerprint density at radius 3 is 2.73 bits per heavy atom. The second-order valence-corrected chi connectivity index (χ2v) is 15.0. The second-order valence-electron chi connectivity index (χ2n) is 13.8. The summed E-state index contributed by atoms with van der Waals surface area (Å²) in [5, 5.41) is 24.4. The molecule has 2 aliphatic carbocycles. The van der Waals surface area contributed by atoms with Crippen LogP contribution in [0.15, 0.2) is 24.3 Å². The van der Waals surface area contributed by atoms with Gasteiger partial charge in [-0.1, -0.05) is 72.1 Å². The first kappa shape index (κ1) is 35.6. The zero-order chi connectivity index (χ0) is 36.0. The lowest BCUT2D eigenvalue weighted by Gasteiger charge is -2.38. The number of benzene rings is 2. The van der Waals surface area contributed by atoms with Gasteiger partial charge in [-0.3, -0.25) is 4.79 Å². The molecule has 3 saturated heterocycles. The number of fused-ring (bicyclic) bond motifs is 2. The number of carbonyl (C=O) groups excluding carboxylic acids is 2. The molecule has 0 radical (unpaired) electrons. The Morgan fingerprint density at radius 2 is 1.98 bits per heavy atom. The number of amides is 2. The lowest BCUT2D eigenvalue weighted by atomic mass is 9.79. The zero-order valence-electron chi connectivity index (χ0n) is 28.0. The number of unbranched alkanes of at least 4 members (excludes halogenated alkanes) is 1. The molecule has 8 rings (SSSR count). The number of nitrogens with one attached hydrogen (secondary N) is 1. The molecule has 1 aromatic heterocycles. The summed E-state index contributed by atoms with van der Waals surface area (Å²) in [7, 11) is 0. The number of β-amino-alcohol motifs (C(OH)–C–C–N with tert-alkyl or cyclic N) is 1. The van der Waals surface area contributed by atoms with Gasteiger partial charge in [0.15, 0.2) is 5.82 Å². The molecule has 2 N–H and O–H groups in total. The highest BCUT2D eigenvalue weighted by Crippen LogP contribution is 2.47. The van der Waals surface area contributed by atoms with Crippen LogP contribution >= 0.6 is 34.8 Å². The highest BCUT2D eigenvalue weighted by Gasteiger charge is 2.54. The number of carbonyl (C=O) groups is 2. The number of pyridine rings is 1. The van der Waals surface area contributed by atoms with Crippen molar-refractivity contribution in [3.63, 3.8) is 0 Å². The molecule has 13 heteroatoms. The molecule has 2 amide bonds. The van der Waals surface area contributed by atoms with Crippen molar-refractivity contribution in [3.05, 3.63) is 56.4 Å². The number of nitrogens with zero attached hydrogens (tertiary/aromatic N) is 4. The number of aliphatic hydroxyl groups is 1. The van der Waals surface area contributed by atoms with E-state index in [1.807, 2.05) is 6.92 Å². The minimum Gasteiger partial charge on any atom is -0.449 e. The van der Waals surface area contributed by atoms with E-state index in [4.69, 9.17) is 39.5 Å². The molecule has 0 spiro atoms. The largest absolute Gasteiger partial charge is 0.449 e. The van der Waals surface area contributed by atoms with E-state index in [-0.39, 0.29) is 81.6 Å². The van der Waals surface area contributed by atoms with Crippen LogP contribution in [0.4, 0.5) is 14.9 Å². The lowest BCUT2D eigenvalue weighted by Crippen LogP contribution is -2.50. The SMILES string of the molecule is CCCCOC(=O)N1C[C@H]2C[C@@H]1[C@H]2Nc1c(C#C[C@H]2C[C@H](O)CN2C(=O)C2CC2)c(Cl)nc2c(F)c(-c3cccc(Cl)c3Cl)c(CCC#N)cc12. The first-order valence-electron chi connectivity index (χ1n) is 17.5. The van der Waals surface area contributed by atoms with Crippen LogP contribution in [0.3, 0.4) is 0 Å². The van der Waals surface area contributed by atoms with Gasteiger partial charge in [0.1, 0.15) is 10.7 Å². The lowest BCUT2D eigenvalue weighted by molar-refractivity contribution is -0.132. The van der Waals surface area contributed by atoms with Crippen molar-refractivity contribution in [2.45, 2.75) is 82.5 Å². The summed E-state index contributed by atoms with van der Waals surface area (Å²) >= 11 is 19.8. The van der Waals surface area contributed by atoms with Gasteiger partial charge in [-0.2, -0.15) is 5.26 Å². The second kappa shape index (κ2) is 14.7. The van der Waals surface area contributed by atoms with Gasteiger partial charge < -0.3 is 25.0 Å². The number of aliphatic hydroxyl groups excluding tert-OH is 1. The van der Waals surface area contributed by atoms with E-state index >= 15 is 4.39 Å². The number of anilines is 1. The number of halogens is 4. The molecular formula is C38H37Cl3FN5O4. The van der Waals surface area contributed by atoms with Gasteiger partial charge in [0.25, 0.3) is 0 Å². The van der Waals surface area contributed by atoms with E-state index in [1.165, 1.54) is 0 Å². The smallest absolute Gasteiger partial charge is 0.410 e. The first-order chi connectivity index (χ1) is 24.6. The summed E-state index contributed by atoms with van der Waals surface area (Å²) in [5.41, 5.74) is 1.79. The van der Waals surface area contributed by atoms with Crippen molar-refractivity contribution in [2.75, 3.05) is 25.0 Å². The minimum atomic E-state index is -0.697. The Kier molecular flexibility index (Phi) is 10.2. The number of hydrogen-bond acceptors (Lipinski definition) is 7. The maximum Gasteiger partial charge on any atom is 0.410 e. The highest BCUT2D eigenvalue weighted by molar-refractivity contribution is 6.43. The first-order valence-corrected chi connectivity index (χ1v) is 18.6. The number of ether oxygens (including phenoxy) is 1. The molecule has 5 aliphatic rings. The van der Waals surface area contributed by atoms with Crippen molar-refractivity contribution in [1.82, 2.24) is 14.8 Å². The molecule has 51 heavy (non-hydrogen) atoms. The van der Waals surface area contributed by atoms with Gasteiger partial charge in [0, 0.05) is 54.3 Å². The number of rotatable bonds is 9. The molecular weight excluding hydrogens is 716 g/mol. The topological polar surface area (TPSA) is 119 Å².